The molecule has 0 amide bonds. The third kappa shape index (κ3) is 3.12. The summed E-state index contributed by atoms with van der Waals surface area (Å²) in [5.41, 5.74) is 0.459. The van der Waals surface area contributed by atoms with E-state index in [-0.39, 0.29) is 6.73 Å². The molecule has 1 aromatic heterocycles. The summed E-state index contributed by atoms with van der Waals surface area (Å²) in [5, 5.41) is 11.7. The third-order valence-corrected chi connectivity index (χ3v) is 3.51. The molecule has 0 saturated heterocycles. The lowest BCUT2D eigenvalue weighted by molar-refractivity contribution is -0.386. The van der Waals surface area contributed by atoms with E-state index < -0.39 is 16.2 Å². The van der Waals surface area contributed by atoms with Crippen LogP contribution in [0.25, 0.3) is 10.9 Å². The largest absolute Gasteiger partial charge is 0.356 e. The second-order valence-corrected chi connectivity index (χ2v) is 5.04. The Labute approximate surface area is 131 Å². The van der Waals surface area contributed by atoms with Crippen molar-refractivity contribution in [1.82, 2.24) is 4.57 Å². The molecule has 23 heavy (non-hydrogen) atoms. The van der Waals surface area contributed by atoms with Crippen LogP contribution in [-0.2, 0) is 18.1 Å². The maximum Gasteiger partial charge on any atom is 0.334 e. The van der Waals surface area contributed by atoms with Crippen LogP contribution in [0.4, 0.5) is 5.69 Å². The number of pyridine rings is 1. The monoisotopic (exact) mass is 310 g/mol. The van der Waals surface area contributed by atoms with Crippen molar-refractivity contribution in [2.24, 2.45) is 0 Å². The lowest BCUT2D eigenvalue weighted by atomic mass is 10.2. The molecule has 0 radical (unpaired) electrons. The SMILES string of the molecule is O=c1c([N+](=O)[O-])cc2ccccc2n1COCc1ccccc1. The van der Waals surface area contributed by atoms with Gasteiger partial charge in [-0.05, 0) is 11.6 Å². The number of aromatic nitrogens is 1. The number of rotatable bonds is 5. The van der Waals surface area contributed by atoms with E-state index in [2.05, 4.69) is 0 Å². The minimum atomic E-state index is -0.665. The second-order valence-electron chi connectivity index (χ2n) is 5.04. The van der Waals surface area contributed by atoms with Crippen molar-refractivity contribution in [2.45, 2.75) is 13.3 Å². The first-order valence-electron chi connectivity index (χ1n) is 7.05. The predicted octanol–water partition coefficient (Wildman–Crippen LogP) is 3.08. The van der Waals surface area contributed by atoms with Crippen LogP contribution in [0.15, 0.2) is 65.5 Å². The number of nitro groups is 1. The quantitative estimate of drug-likeness (QED) is 0.536. The van der Waals surface area contributed by atoms with Gasteiger partial charge in [0.2, 0.25) is 0 Å². The number of para-hydroxylation sites is 1. The number of hydrogen-bond acceptors (Lipinski definition) is 4. The Bertz CT molecular complexity index is 903. The van der Waals surface area contributed by atoms with E-state index in [9.17, 15) is 14.9 Å². The van der Waals surface area contributed by atoms with Crippen LogP contribution < -0.4 is 5.56 Å². The zero-order valence-electron chi connectivity index (χ0n) is 12.2. The van der Waals surface area contributed by atoms with Gasteiger partial charge in [0.25, 0.3) is 0 Å². The van der Waals surface area contributed by atoms with E-state index in [1.807, 2.05) is 30.3 Å². The van der Waals surface area contributed by atoms with Gasteiger partial charge in [-0.1, -0.05) is 48.5 Å². The van der Waals surface area contributed by atoms with E-state index >= 15 is 0 Å². The average Bonchev–Trinajstić information content (AvgIpc) is 2.57. The highest BCUT2D eigenvalue weighted by molar-refractivity contribution is 5.81. The fourth-order valence-electron chi connectivity index (χ4n) is 2.40. The van der Waals surface area contributed by atoms with Gasteiger partial charge in [0, 0.05) is 11.5 Å². The van der Waals surface area contributed by atoms with E-state index in [1.165, 1.54) is 10.6 Å². The highest BCUT2D eigenvalue weighted by Gasteiger charge is 2.17. The first-order valence-corrected chi connectivity index (χ1v) is 7.05. The molecule has 0 aliphatic heterocycles. The van der Waals surface area contributed by atoms with Gasteiger partial charge in [0.05, 0.1) is 17.0 Å². The Balaban J connectivity index is 1.94. The summed E-state index contributed by atoms with van der Waals surface area (Å²) in [6, 6.07) is 17.8. The van der Waals surface area contributed by atoms with Crippen molar-refractivity contribution < 1.29 is 9.66 Å². The molecule has 0 unspecified atom stereocenters. The minimum absolute atomic E-state index is 0.0457. The van der Waals surface area contributed by atoms with Gasteiger partial charge in [-0.2, -0.15) is 0 Å². The topological polar surface area (TPSA) is 74.4 Å². The van der Waals surface area contributed by atoms with E-state index in [0.717, 1.165) is 5.56 Å². The van der Waals surface area contributed by atoms with Crippen molar-refractivity contribution in [3.8, 4) is 0 Å². The predicted molar refractivity (Wildman–Crippen MR) is 86.1 cm³/mol. The molecule has 0 N–H and O–H groups in total. The number of benzene rings is 2. The highest BCUT2D eigenvalue weighted by atomic mass is 16.6. The zero-order chi connectivity index (χ0) is 16.2. The van der Waals surface area contributed by atoms with Gasteiger partial charge in [-0.15, -0.1) is 0 Å². The van der Waals surface area contributed by atoms with Crippen LogP contribution in [-0.4, -0.2) is 9.49 Å². The molecule has 0 atom stereocenters. The lowest BCUT2D eigenvalue weighted by Gasteiger charge is -2.11. The molecule has 0 bridgehead atoms. The van der Waals surface area contributed by atoms with Crippen LogP contribution >= 0.6 is 0 Å². The van der Waals surface area contributed by atoms with Crippen molar-refractivity contribution in [3.05, 3.63) is 86.7 Å². The smallest absolute Gasteiger partial charge is 0.334 e. The summed E-state index contributed by atoms with van der Waals surface area (Å²) in [6.07, 6.45) is 0. The highest BCUT2D eigenvalue weighted by Crippen LogP contribution is 2.17. The zero-order valence-corrected chi connectivity index (χ0v) is 12.2. The molecule has 6 nitrogen and oxygen atoms in total. The summed E-state index contributed by atoms with van der Waals surface area (Å²) in [7, 11) is 0. The molecular weight excluding hydrogens is 296 g/mol. The van der Waals surface area contributed by atoms with Crippen LogP contribution in [0, 0.1) is 10.1 Å². The fraction of sp³-hybridized carbons (Fsp3) is 0.118. The summed E-state index contributed by atoms with van der Waals surface area (Å²) < 4.78 is 6.86. The summed E-state index contributed by atoms with van der Waals surface area (Å²) >= 11 is 0. The molecule has 0 saturated carbocycles. The maximum absolute atomic E-state index is 12.3. The van der Waals surface area contributed by atoms with Crippen molar-refractivity contribution in [2.75, 3.05) is 0 Å². The van der Waals surface area contributed by atoms with Gasteiger partial charge in [-0.25, -0.2) is 0 Å². The van der Waals surface area contributed by atoms with Crippen molar-refractivity contribution >= 4 is 16.6 Å². The van der Waals surface area contributed by atoms with Crippen LogP contribution in [0.1, 0.15) is 5.56 Å². The molecule has 0 aliphatic rings. The number of ether oxygens (including phenoxy) is 1. The Hall–Kier alpha value is -2.99. The minimum Gasteiger partial charge on any atom is -0.356 e. The molecule has 3 rings (SSSR count). The average molecular weight is 310 g/mol. The third-order valence-electron chi connectivity index (χ3n) is 3.51. The summed E-state index contributed by atoms with van der Waals surface area (Å²) in [6.45, 7) is 0.278. The molecule has 3 aromatic rings. The molecule has 0 aliphatic carbocycles. The van der Waals surface area contributed by atoms with E-state index in [4.69, 9.17) is 4.74 Å². The number of fused-ring (bicyclic) bond motifs is 1. The van der Waals surface area contributed by atoms with Crippen LogP contribution in [0.2, 0.25) is 0 Å². The molecule has 1 heterocycles. The molecule has 0 spiro atoms. The van der Waals surface area contributed by atoms with Crippen molar-refractivity contribution in [1.29, 1.82) is 0 Å². The fourth-order valence-corrected chi connectivity index (χ4v) is 2.40. The van der Waals surface area contributed by atoms with Gasteiger partial charge < -0.3 is 4.74 Å². The second kappa shape index (κ2) is 6.41. The van der Waals surface area contributed by atoms with E-state index in [1.54, 1.807) is 24.3 Å². The lowest BCUT2D eigenvalue weighted by Crippen LogP contribution is -2.24. The molecule has 2 aromatic carbocycles. The summed E-state index contributed by atoms with van der Waals surface area (Å²) in [5.74, 6) is 0. The molecule has 0 fully saturated rings. The molecule has 116 valence electrons. The molecular formula is C17H14N2O4. The molecule has 6 heteroatoms. The Kier molecular flexibility index (Phi) is 4.16. The van der Waals surface area contributed by atoms with Gasteiger partial charge in [-0.3, -0.25) is 19.5 Å². The summed E-state index contributed by atoms with van der Waals surface area (Å²) in [4.78, 5) is 22.7. The standard InChI is InChI=1S/C17H14N2O4/c20-17-16(19(21)22)10-14-8-4-5-9-15(14)18(17)12-23-11-13-6-2-1-3-7-13/h1-10H,11-12H2. The van der Waals surface area contributed by atoms with Gasteiger partial charge in [0.1, 0.15) is 6.73 Å². The van der Waals surface area contributed by atoms with Gasteiger partial charge in [0.15, 0.2) is 0 Å². The van der Waals surface area contributed by atoms with Gasteiger partial charge >= 0.3 is 11.2 Å². The van der Waals surface area contributed by atoms with E-state index in [0.29, 0.717) is 17.5 Å². The van der Waals surface area contributed by atoms with Crippen LogP contribution in [0.5, 0.6) is 0 Å². The maximum atomic E-state index is 12.3. The first-order chi connectivity index (χ1) is 11.2. The van der Waals surface area contributed by atoms with Crippen molar-refractivity contribution in [3.63, 3.8) is 0 Å². The number of nitrogens with zero attached hydrogens (tertiary/aromatic N) is 2. The first kappa shape index (κ1) is 14.9. The Morgan fingerprint density at radius 2 is 1.74 bits per heavy atom. The van der Waals surface area contributed by atoms with Crippen LogP contribution in [0.3, 0.4) is 0 Å². The Morgan fingerprint density at radius 1 is 1.04 bits per heavy atom. The Morgan fingerprint density at radius 3 is 2.48 bits per heavy atom. The normalized spacial score (nSPS) is 10.8. The number of hydrogen-bond donors (Lipinski definition) is 0.